The van der Waals surface area contributed by atoms with Crippen LogP contribution in [0.1, 0.15) is 58.3 Å². The smallest absolute Gasteiger partial charge is 0.110 e. The van der Waals surface area contributed by atoms with Crippen molar-refractivity contribution in [1.82, 2.24) is 0 Å². The maximum absolute atomic E-state index is 9.50. The van der Waals surface area contributed by atoms with E-state index < -0.39 is 24.9 Å². The third-order valence-electron chi connectivity index (χ3n) is 3.41. The first-order chi connectivity index (χ1) is 9.63. The summed E-state index contributed by atoms with van der Waals surface area (Å²) in [6.45, 7) is 2.17. The number of hydrogen-bond donors (Lipinski definition) is 4. The second kappa shape index (κ2) is 13.8. The topological polar surface area (TPSA) is 90.2 Å². The van der Waals surface area contributed by atoms with Crippen LogP contribution >= 0.6 is 0 Å². The molecule has 0 saturated carbocycles. The Labute approximate surface area is 122 Å². The zero-order valence-corrected chi connectivity index (χ0v) is 12.7. The Morgan fingerprint density at radius 1 is 0.800 bits per heavy atom. The first-order valence-corrected chi connectivity index (χ1v) is 7.86. The molecule has 0 aromatic rings. The van der Waals surface area contributed by atoms with E-state index in [1.807, 2.05) is 0 Å². The summed E-state index contributed by atoms with van der Waals surface area (Å²) >= 11 is 0. The molecule has 0 aromatic carbocycles. The molecular formula is C15H32O5. The van der Waals surface area contributed by atoms with Crippen molar-refractivity contribution in [3.05, 3.63) is 0 Å². The largest absolute Gasteiger partial charge is 0.394 e. The second-order valence-corrected chi connectivity index (χ2v) is 5.36. The standard InChI is InChI=1S/C15H32O5/c1-2-3-4-5-6-7-8-9-10-20-12-14(18)15(19)13(17)11-16/h13-19H,2-12H2,1H3/t13-,14+,15+/m0/s1. The summed E-state index contributed by atoms with van der Waals surface area (Å²) in [4.78, 5) is 0. The van der Waals surface area contributed by atoms with Gasteiger partial charge in [-0.15, -0.1) is 0 Å². The summed E-state index contributed by atoms with van der Waals surface area (Å²) in [6.07, 6.45) is 5.91. The molecule has 0 amide bonds. The number of hydrogen-bond acceptors (Lipinski definition) is 5. The van der Waals surface area contributed by atoms with Crippen LogP contribution in [0.15, 0.2) is 0 Å². The van der Waals surface area contributed by atoms with Crippen molar-refractivity contribution >= 4 is 0 Å². The third-order valence-corrected chi connectivity index (χ3v) is 3.41. The molecule has 0 spiro atoms. The Hall–Kier alpha value is -0.200. The van der Waals surface area contributed by atoms with Crippen molar-refractivity contribution in [2.24, 2.45) is 0 Å². The molecule has 0 aliphatic rings. The average molecular weight is 292 g/mol. The second-order valence-electron chi connectivity index (χ2n) is 5.36. The molecule has 5 nitrogen and oxygen atoms in total. The van der Waals surface area contributed by atoms with Crippen molar-refractivity contribution in [2.45, 2.75) is 76.6 Å². The van der Waals surface area contributed by atoms with Crippen molar-refractivity contribution in [2.75, 3.05) is 19.8 Å². The highest BCUT2D eigenvalue weighted by Crippen LogP contribution is 2.08. The summed E-state index contributed by atoms with van der Waals surface area (Å²) in [6, 6.07) is 0. The lowest BCUT2D eigenvalue weighted by Gasteiger charge is -2.21. The van der Waals surface area contributed by atoms with Gasteiger partial charge in [0, 0.05) is 6.61 Å². The molecule has 4 N–H and O–H groups in total. The van der Waals surface area contributed by atoms with E-state index in [4.69, 9.17) is 14.9 Å². The van der Waals surface area contributed by atoms with Crippen LogP contribution in [0.3, 0.4) is 0 Å². The van der Waals surface area contributed by atoms with Gasteiger partial charge in [-0.3, -0.25) is 0 Å². The lowest BCUT2D eigenvalue weighted by Crippen LogP contribution is -2.41. The first kappa shape index (κ1) is 19.8. The van der Waals surface area contributed by atoms with Gasteiger partial charge in [0.05, 0.1) is 13.2 Å². The Kier molecular flexibility index (Phi) is 13.6. The summed E-state index contributed by atoms with van der Waals surface area (Å²) < 4.78 is 5.25. The van der Waals surface area contributed by atoms with E-state index in [0.717, 1.165) is 12.8 Å². The van der Waals surface area contributed by atoms with Gasteiger partial charge in [-0.25, -0.2) is 0 Å². The van der Waals surface area contributed by atoms with Crippen molar-refractivity contribution < 1.29 is 25.2 Å². The van der Waals surface area contributed by atoms with Crippen molar-refractivity contribution in [3.63, 3.8) is 0 Å². The molecule has 0 fully saturated rings. The van der Waals surface area contributed by atoms with E-state index in [9.17, 15) is 10.2 Å². The highest BCUT2D eigenvalue weighted by atomic mass is 16.5. The van der Waals surface area contributed by atoms with Crippen molar-refractivity contribution in [3.8, 4) is 0 Å². The lowest BCUT2D eigenvalue weighted by atomic mass is 10.1. The lowest BCUT2D eigenvalue weighted by molar-refractivity contribution is -0.0997. The van der Waals surface area contributed by atoms with E-state index >= 15 is 0 Å². The Balaban J connectivity index is 3.31. The van der Waals surface area contributed by atoms with E-state index in [1.165, 1.54) is 38.5 Å². The highest BCUT2D eigenvalue weighted by Gasteiger charge is 2.23. The molecule has 5 heteroatoms. The van der Waals surface area contributed by atoms with Gasteiger partial charge in [0.15, 0.2) is 0 Å². The summed E-state index contributed by atoms with van der Waals surface area (Å²) in [5.74, 6) is 0. The van der Waals surface area contributed by atoms with Crippen LogP contribution in [0.25, 0.3) is 0 Å². The highest BCUT2D eigenvalue weighted by molar-refractivity contribution is 4.74. The monoisotopic (exact) mass is 292 g/mol. The van der Waals surface area contributed by atoms with Crippen LogP contribution in [0, 0.1) is 0 Å². The van der Waals surface area contributed by atoms with Crippen LogP contribution in [-0.4, -0.2) is 58.6 Å². The van der Waals surface area contributed by atoms with Gasteiger partial charge in [-0.1, -0.05) is 51.9 Å². The quantitative estimate of drug-likeness (QED) is 0.361. The van der Waals surface area contributed by atoms with Crippen molar-refractivity contribution in [1.29, 1.82) is 0 Å². The molecule has 0 heterocycles. The zero-order valence-electron chi connectivity index (χ0n) is 12.7. The Morgan fingerprint density at radius 3 is 1.90 bits per heavy atom. The number of aliphatic hydroxyl groups is 4. The number of ether oxygens (including phenoxy) is 1. The fraction of sp³-hybridized carbons (Fsp3) is 1.00. The molecular weight excluding hydrogens is 260 g/mol. The average Bonchev–Trinajstić information content (AvgIpc) is 2.47. The molecule has 0 aliphatic carbocycles. The van der Waals surface area contributed by atoms with Crippen LogP contribution < -0.4 is 0 Å². The molecule has 0 radical (unpaired) electrons. The Bertz CT molecular complexity index is 201. The molecule has 0 aliphatic heterocycles. The Morgan fingerprint density at radius 2 is 1.35 bits per heavy atom. The summed E-state index contributed by atoms with van der Waals surface area (Å²) in [5, 5.41) is 36.7. The van der Waals surface area contributed by atoms with E-state index in [2.05, 4.69) is 6.92 Å². The fourth-order valence-corrected chi connectivity index (χ4v) is 2.01. The number of rotatable bonds is 14. The molecule has 0 unspecified atom stereocenters. The van der Waals surface area contributed by atoms with Gasteiger partial charge in [-0.05, 0) is 6.42 Å². The minimum Gasteiger partial charge on any atom is -0.394 e. The van der Waals surface area contributed by atoms with E-state index in [1.54, 1.807) is 0 Å². The maximum atomic E-state index is 9.50. The van der Waals surface area contributed by atoms with Crippen LogP contribution in [-0.2, 0) is 4.74 Å². The molecule has 0 bridgehead atoms. The van der Waals surface area contributed by atoms with Gasteiger partial charge in [0.1, 0.15) is 18.3 Å². The molecule has 20 heavy (non-hydrogen) atoms. The van der Waals surface area contributed by atoms with Crippen LogP contribution in [0.2, 0.25) is 0 Å². The molecule has 122 valence electrons. The van der Waals surface area contributed by atoms with E-state index in [-0.39, 0.29) is 6.61 Å². The molecule has 0 saturated heterocycles. The normalized spacial score (nSPS) is 16.1. The number of aliphatic hydroxyl groups excluding tert-OH is 4. The predicted octanol–water partition coefficient (Wildman–Crippen LogP) is 1.22. The van der Waals surface area contributed by atoms with Gasteiger partial charge < -0.3 is 25.2 Å². The molecule has 3 atom stereocenters. The summed E-state index contributed by atoms with van der Waals surface area (Å²) in [7, 11) is 0. The SMILES string of the molecule is CCCCCCCCCCOC[C@@H](O)[C@H](O)[C@@H](O)CO. The first-order valence-electron chi connectivity index (χ1n) is 7.86. The molecule has 0 aromatic heterocycles. The predicted molar refractivity (Wildman–Crippen MR) is 78.5 cm³/mol. The van der Waals surface area contributed by atoms with Crippen LogP contribution in [0.5, 0.6) is 0 Å². The van der Waals surface area contributed by atoms with Gasteiger partial charge in [0.25, 0.3) is 0 Å². The zero-order chi connectivity index (χ0) is 15.2. The fourth-order valence-electron chi connectivity index (χ4n) is 2.01. The summed E-state index contributed by atoms with van der Waals surface area (Å²) in [5.41, 5.74) is 0. The van der Waals surface area contributed by atoms with Crippen LogP contribution in [0.4, 0.5) is 0 Å². The minimum absolute atomic E-state index is 0.0191. The third kappa shape index (κ3) is 10.6. The van der Waals surface area contributed by atoms with Gasteiger partial charge >= 0.3 is 0 Å². The van der Waals surface area contributed by atoms with E-state index in [0.29, 0.717) is 6.61 Å². The van der Waals surface area contributed by atoms with Gasteiger partial charge in [0.2, 0.25) is 0 Å². The minimum atomic E-state index is -1.36. The maximum Gasteiger partial charge on any atom is 0.110 e. The number of unbranched alkanes of at least 4 members (excludes halogenated alkanes) is 7. The van der Waals surface area contributed by atoms with Gasteiger partial charge in [-0.2, -0.15) is 0 Å². The molecule has 0 rings (SSSR count).